The maximum Gasteiger partial charge on any atom is 0.368 e. The molecule has 21 heavy (non-hydrogen) atoms. The highest BCUT2D eigenvalue weighted by Crippen LogP contribution is 2.40. The van der Waals surface area contributed by atoms with Gasteiger partial charge in [0, 0.05) is 18.0 Å². The van der Waals surface area contributed by atoms with E-state index in [-0.39, 0.29) is 0 Å². The van der Waals surface area contributed by atoms with Crippen LogP contribution in [0.25, 0.3) is 0 Å². The van der Waals surface area contributed by atoms with Crippen LogP contribution in [0.5, 0.6) is 5.75 Å². The number of carboxylic acids is 1. The summed E-state index contributed by atoms with van der Waals surface area (Å²) in [5.41, 5.74) is 0.990. The molecule has 0 amide bonds. The minimum absolute atomic E-state index is 0.433. The number of likely N-dealkylation sites (N-methyl/N-ethyl adjacent to an activating group) is 1. The Morgan fingerprint density at radius 2 is 2.38 bits per heavy atom. The van der Waals surface area contributed by atoms with Gasteiger partial charge in [-0.1, -0.05) is 0 Å². The third-order valence-electron chi connectivity index (χ3n) is 2.76. The highest BCUT2D eigenvalue weighted by atomic mass is 32.2. The second kappa shape index (κ2) is 7.06. The molecule has 2 N–H and O–H groups in total. The molecular formula is C13H15FN2O3S2. The second-order valence-corrected chi connectivity index (χ2v) is 6.35. The molecule has 0 saturated heterocycles. The van der Waals surface area contributed by atoms with Gasteiger partial charge >= 0.3 is 5.97 Å². The van der Waals surface area contributed by atoms with Crippen molar-refractivity contribution < 1.29 is 19.0 Å². The number of rotatable bonds is 4. The van der Waals surface area contributed by atoms with E-state index in [0.29, 0.717) is 12.0 Å². The van der Waals surface area contributed by atoms with Crippen molar-refractivity contribution in [2.75, 3.05) is 31.7 Å². The fraction of sp³-hybridized carbons (Fsp3) is 0.308. The first-order valence-electron chi connectivity index (χ1n) is 6.12. The lowest BCUT2D eigenvalue weighted by Crippen LogP contribution is -2.15. The molecule has 2 rings (SSSR count). The smallest absolute Gasteiger partial charge is 0.368 e. The molecule has 1 aromatic carbocycles. The molecule has 1 heterocycles. The van der Waals surface area contributed by atoms with Crippen LogP contribution >= 0.6 is 23.7 Å². The summed E-state index contributed by atoms with van der Waals surface area (Å²) in [7, 11) is 1.98. The number of anilines is 1. The number of hydrogen-bond donors (Lipinski definition) is 2. The van der Waals surface area contributed by atoms with E-state index in [1.165, 1.54) is 11.8 Å². The SMILES string of the molecule is CSc1cc2c(cc1O/C=C(\F)C(=O)O)SN(C)CCN2. The van der Waals surface area contributed by atoms with Crippen LogP contribution in [-0.2, 0) is 4.79 Å². The summed E-state index contributed by atoms with van der Waals surface area (Å²) in [6.07, 6.45) is 2.49. The molecule has 5 nitrogen and oxygen atoms in total. The number of hydrogen-bond acceptors (Lipinski definition) is 6. The van der Waals surface area contributed by atoms with Crippen LogP contribution in [0, 0.1) is 0 Å². The van der Waals surface area contributed by atoms with Crippen LogP contribution in [0.2, 0.25) is 0 Å². The Kier molecular flexibility index (Phi) is 5.38. The molecule has 0 aromatic heterocycles. The topological polar surface area (TPSA) is 61.8 Å². The molecule has 0 fully saturated rings. The summed E-state index contributed by atoms with van der Waals surface area (Å²) in [5.74, 6) is -2.55. The summed E-state index contributed by atoms with van der Waals surface area (Å²) in [4.78, 5) is 12.2. The van der Waals surface area contributed by atoms with Gasteiger partial charge in [-0.3, -0.25) is 0 Å². The highest BCUT2D eigenvalue weighted by Gasteiger charge is 2.16. The Morgan fingerprint density at radius 1 is 1.62 bits per heavy atom. The summed E-state index contributed by atoms with van der Waals surface area (Å²) in [6.45, 7) is 1.72. The predicted molar refractivity (Wildman–Crippen MR) is 82.7 cm³/mol. The molecule has 1 aliphatic rings. The van der Waals surface area contributed by atoms with E-state index in [1.54, 1.807) is 18.0 Å². The van der Waals surface area contributed by atoms with E-state index in [1.807, 2.05) is 19.4 Å². The molecular weight excluding hydrogens is 315 g/mol. The van der Waals surface area contributed by atoms with Gasteiger partial charge in [0.2, 0.25) is 5.83 Å². The van der Waals surface area contributed by atoms with Crippen molar-refractivity contribution >= 4 is 35.4 Å². The van der Waals surface area contributed by atoms with E-state index in [2.05, 4.69) is 9.62 Å². The molecule has 0 atom stereocenters. The van der Waals surface area contributed by atoms with Crippen molar-refractivity contribution in [2.24, 2.45) is 0 Å². The Bertz CT molecular complexity index is 581. The van der Waals surface area contributed by atoms with Crippen LogP contribution in [-0.4, -0.2) is 41.8 Å². The number of aliphatic carboxylic acids is 1. The lowest BCUT2D eigenvalue weighted by molar-refractivity contribution is -0.134. The first-order chi connectivity index (χ1) is 10.0. The number of ether oxygens (including phenoxy) is 1. The maximum absolute atomic E-state index is 13.0. The van der Waals surface area contributed by atoms with Crippen molar-refractivity contribution in [1.82, 2.24) is 4.31 Å². The first-order valence-corrected chi connectivity index (χ1v) is 8.11. The zero-order chi connectivity index (χ0) is 15.4. The zero-order valence-corrected chi connectivity index (χ0v) is 13.2. The minimum Gasteiger partial charge on any atom is -0.476 e. The van der Waals surface area contributed by atoms with E-state index in [9.17, 15) is 9.18 Å². The van der Waals surface area contributed by atoms with Gasteiger partial charge in [0.05, 0.1) is 10.6 Å². The number of thioether (sulfide) groups is 1. The normalized spacial score (nSPS) is 15.9. The molecule has 1 aliphatic heterocycles. The number of fused-ring (bicyclic) bond motifs is 1. The quantitative estimate of drug-likeness (QED) is 0.381. The van der Waals surface area contributed by atoms with Gasteiger partial charge in [-0.25, -0.2) is 9.10 Å². The predicted octanol–water partition coefficient (Wildman–Crippen LogP) is 3.05. The van der Waals surface area contributed by atoms with Gasteiger partial charge in [-0.2, -0.15) is 4.39 Å². The summed E-state index contributed by atoms with van der Waals surface area (Å²) in [5, 5.41) is 11.8. The monoisotopic (exact) mass is 330 g/mol. The number of carboxylic acid groups (broad SMARTS) is 1. The zero-order valence-electron chi connectivity index (χ0n) is 11.6. The number of carbonyl (C=O) groups is 1. The molecule has 0 bridgehead atoms. The largest absolute Gasteiger partial charge is 0.476 e. The van der Waals surface area contributed by atoms with E-state index in [0.717, 1.165) is 28.6 Å². The van der Waals surface area contributed by atoms with Crippen LogP contribution in [0.3, 0.4) is 0 Å². The van der Waals surface area contributed by atoms with Gasteiger partial charge in [0.1, 0.15) is 12.0 Å². The molecule has 0 spiro atoms. The number of nitrogens with zero attached hydrogens (tertiary/aromatic N) is 1. The summed E-state index contributed by atoms with van der Waals surface area (Å²) >= 11 is 3.01. The Labute approximate surface area is 130 Å². The van der Waals surface area contributed by atoms with Gasteiger partial charge in [-0.05, 0) is 37.4 Å². The van der Waals surface area contributed by atoms with Crippen LogP contribution in [0.15, 0.2) is 34.0 Å². The standard InChI is InChI=1S/C13H15FN2O3S2/c1-16-4-3-15-9-5-12(20-2)10(6-11(9)21-16)19-7-8(14)13(17)18/h5-7,15H,3-4H2,1-2H3,(H,17,18)/b8-7-. The average Bonchev–Trinajstić information content (AvgIpc) is 2.63. The van der Waals surface area contributed by atoms with Crippen molar-refractivity contribution in [1.29, 1.82) is 0 Å². The van der Waals surface area contributed by atoms with Crippen molar-refractivity contribution in [3.63, 3.8) is 0 Å². The second-order valence-electron chi connectivity index (χ2n) is 4.26. The molecule has 0 saturated carbocycles. The number of nitrogens with one attached hydrogen (secondary N) is 1. The van der Waals surface area contributed by atoms with Crippen LogP contribution in [0.1, 0.15) is 0 Å². The fourth-order valence-corrected chi connectivity index (χ4v) is 3.19. The van der Waals surface area contributed by atoms with E-state index in [4.69, 9.17) is 9.84 Å². The number of benzene rings is 1. The van der Waals surface area contributed by atoms with E-state index >= 15 is 0 Å². The lowest BCUT2D eigenvalue weighted by Gasteiger charge is -2.14. The molecule has 0 aliphatic carbocycles. The molecule has 0 unspecified atom stereocenters. The van der Waals surface area contributed by atoms with Gasteiger partial charge in [0.15, 0.2) is 0 Å². The van der Waals surface area contributed by atoms with Crippen molar-refractivity contribution in [3.8, 4) is 5.75 Å². The van der Waals surface area contributed by atoms with Crippen molar-refractivity contribution in [3.05, 3.63) is 24.2 Å². The van der Waals surface area contributed by atoms with Crippen LogP contribution < -0.4 is 10.1 Å². The van der Waals surface area contributed by atoms with Crippen molar-refractivity contribution in [2.45, 2.75) is 9.79 Å². The lowest BCUT2D eigenvalue weighted by atomic mass is 10.3. The summed E-state index contributed by atoms with van der Waals surface area (Å²) < 4.78 is 20.3. The Hall–Kier alpha value is -1.38. The number of halogens is 1. The third-order valence-corrected chi connectivity index (χ3v) is 4.54. The third kappa shape index (κ3) is 4.05. The van der Waals surface area contributed by atoms with Gasteiger partial charge in [-0.15, -0.1) is 11.8 Å². The van der Waals surface area contributed by atoms with Gasteiger partial charge in [0.25, 0.3) is 0 Å². The Morgan fingerprint density at radius 3 is 3.05 bits per heavy atom. The van der Waals surface area contributed by atoms with Gasteiger partial charge < -0.3 is 15.2 Å². The average molecular weight is 330 g/mol. The minimum atomic E-state index is -1.65. The molecule has 114 valence electrons. The molecule has 0 radical (unpaired) electrons. The maximum atomic E-state index is 13.0. The van der Waals surface area contributed by atoms with Crippen LogP contribution in [0.4, 0.5) is 10.1 Å². The first kappa shape index (κ1) is 16.0. The summed E-state index contributed by atoms with van der Waals surface area (Å²) in [6, 6.07) is 3.71. The highest BCUT2D eigenvalue weighted by molar-refractivity contribution is 7.98. The Balaban J connectivity index is 2.32. The molecule has 8 heteroatoms. The molecule has 1 aromatic rings. The fourth-order valence-electron chi connectivity index (χ4n) is 1.73. The van der Waals surface area contributed by atoms with E-state index < -0.39 is 11.8 Å².